The van der Waals surface area contributed by atoms with Crippen molar-refractivity contribution in [2.45, 2.75) is 33.2 Å². The molecular formula is C30H28Br2N3O13Si-. The number of aromatic carboxylic acids is 1. The number of hydrogen-bond donors (Lipinski definition) is 1. The lowest BCUT2D eigenvalue weighted by Gasteiger charge is -2.28. The van der Waals surface area contributed by atoms with Gasteiger partial charge in [-0.25, -0.2) is 4.79 Å². The van der Waals surface area contributed by atoms with Crippen LogP contribution in [0.4, 0.5) is 16.2 Å². The minimum Gasteiger partial charge on any atom is -0.545 e. The highest BCUT2D eigenvalue weighted by atomic mass is 79.9. The molecule has 0 saturated carbocycles. The van der Waals surface area contributed by atoms with Gasteiger partial charge in [-0.3, -0.25) is 25.0 Å². The Morgan fingerprint density at radius 3 is 2.10 bits per heavy atom. The normalized spacial score (nSPS) is 11.5. The minimum atomic E-state index is -3.00. The molecule has 16 nitrogen and oxygen atoms in total. The third kappa shape index (κ3) is 7.81. The largest absolute Gasteiger partial charge is 0.545 e. The Morgan fingerprint density at radius 1 is 0.918 bits per heavy atom. The second kappa shape index (κ2) is 16.0. The Morgan fingerprint density at radius 2 is 1.53 bits per heavy atom. The Bertz CT molecular complexity index is 1950. The molecule has 0 bridgehead atoms. The molecule has 0 fully saturated rings. The smallest absolute Gasteiger partial charge is 0.500 e. The molecule has 0 spiro atoms. The minimum absolute atomic E-state index is 0.0495. The van der Waals surface area contributed by atoms with E-state index in [2.05, 4.69) is 37.2 Å². The molecule has 2 aromatic rings. The van der Waals surface area contributed by atoms with Gasteiger partial charge < -0.3 is 37.6 Å². The number of non-ortho nitro benzene ring substituents is 1. The van der Waals surface area contributed by atoms with Gasteiger partial charge in [0.2, 0.25) is 5.75 Å². The third-order valence-electron chi connectivity index (χ3n) is 7.08. The van der Waals surface area contributed by atoms with E-state index in [4.69, 9.17) is 22.4 Å². The highest BCUT2D eigenvalue weighted by Gasteiger charge is 2.40. The molecule has 0 atom stereocenters. The highest BCUT2D eigenvalue weighted by molar-refractivity contribution is 9.11. The van der Waals surface area contributed by atoms with E-state index in [-0.39, 0.29) is 54.5 Å². The molecule has 1 heterocycles. The highest BCUT2D eigenvalue weighted by Crippen LogP contribution is 2.50. The number of halogens is 2. The Kier molecular flexibility index (Phi) is 12.2. The maximum Gasteiger partial charge on any atom is 0.500 e. The van der Waals surface area contributed by atoms with Gasteiger partial charge in [0.25, 0.3) is 5.43 Å². The number of nitro groups is 2. The molecule has 19 heteroatoms. The molecule has 1 N–H and O–H groups in total. The molecule has 0 radical (unpaired) electrons. The summed E-state index contributed by atoms with van der Waals surface area (Å²) in [5.74, 6) is -2.43. The maximum atomic E-state index is 12.9. The van der Waals surface area contributed by atoms with Crippen molar-refractivity contribution in [1.82, 2.24) is 5.32 Å². The molecular weight excluding hydrogens is 798 g/mol. The van der Waals surface area contributed by atoms with Crippen molar-refractivity contribution in [3.63, 3.8) is 0 Å². The number of carboxylic acids is 1. The van der Waals surface area contributed by atoms with Crippen LogP contribution in [0.5, 0.6) is 5.75 Å². The average Bonchev–Trinajstić information content (AvgIpc) is 3.05. The second-order valence-corrected chi connectivity index (χ2v) is 14.4. The van der Waals surface area contributed by atoms with E-state index in [1.165, 1.54) is 24.3 Å². The zero-order valence-electron chi connectivity index (χ0n) is 26.2. The Balaban J connectivity index is 1.85. The van der Waals surface area contributed by atoms with Crippen LogP contribution in [0.15, 0.2) is 54.6 Å². The Labute approximate surface area is 295 Å². The molecule has 0 aromatic heterocycles. The van der Waals surface area contributed by atoms with Gasteiger partial charge in [-0.05, 0) is 64.6 Å². The van der Waals surface area contributed by atoms with Crippen LogP contribution in [0, 0.1) is 20.2 Å². The summed E-state index contributed by atoms with van der Waals surface area (Å²) in [6.07, 6.45) is -0.690. The lowest BCUT2D eigenvalue weighted by atomic mass is 9.90. The number of carbonyl (C=O) groups excluding carboxylic acids is 2. The number of fused-ring (bicyclic) bond motifs is 2. The number of ether oxygens (including phenoxy) is 1. The van der Waals surface area contributed by atoms with Crippen LogP contribution in [0.2, 0.25) is 6.04 Å². The molecule has 1 aliphatic heterocycles. The molecule has 0 unspecified atom stereocenters. The van der Waals surface area contributed by atoms with Crippen molar-refractivity contribution in [3.8, 4) is 28.2 Å². The van der Waals surface area contributed by atoms with Crippen molar-refractivity contribution in [2.24, 2.45) is 0 Å². The van der Waals surface area contributed by atoms with Crippen LogP contribution in [0.1, 0.15) is 37.6 Å². The standard InChI is InChI=1S/C30H29Br2N3O13Si/c1-4-44-49(45-5-2,46-6-3)13-9-12-33-30(39)48-28-21(35(42)43)15-19-22(16-10-7-8-11-17(16)29(37)38)18-14-20(34(40)41)25(36)23(31)26(18)47-27(19)24(28)32/h7-8,10-11,14-15H,4-6,9,12-13H2,1-3H3,(H,33,39)(H,37,38)/p-1. The molecule has 2 aliphatic rings. The first-order valence-corrected chi connectivity index (χ1v) is 18.2. The first-order valence-electron chi connectivity index (χ1n) is 14.7. The quantitative estimate of drug-likeness (QED) is 0.0493. The monoisotopic (exact) mass is 824 g/mol. The number of rotatable bonds is 15. The van der Waals surface area contributed by atoms with Crippen LogP contribution in [-0.2, 0) is 13.3 Å². The van der Waals surface area contributed by atoms with Crippen LogP contribution >= 0.6 is 31.9 Å². The van der Waals surface area contributed by atoms with Crippen molar-refractivity contribution in [1.29, 1.82) is 0 Å². The topological polar surface area (TPSA) is 223 Å². The van der Waals surface area contributed by atoms with E-state index >= 15 is 0 Å². The lowest BCUT2D eigenvalue weighted by molar-refractivity contribution is -0.386. The fourth-order valence-electron chi connectivity index (χ4n) is 5.18. The Hall–Kier alpha value is -4.27. The fourth-order valence-corrected chi connectivity index (χ4v) is 8.87. The summed E-state index contributed by atoms with van der Waals surface area (Å²) in [4.78, 5) is 60.3. The van der Waals surface area contributed by atoms with Crippen LogP contribution < -0.4 is 20.6 Å². The van der Waals surface area contributed by atoms with Crippen molar-refractivity contribution < 1.29 is 47.0 Å². The average molecular weight is 826 g/mol. The van der Waals surface area contributed by atoms with E-state index in [0.29, 0.717) is 32.3 Å². The SMILES string of the molecule is CCO[Si](CCCNC(=O)Oc1c([N+](=O)[O-])cc2c(-c3ccccc3C(=O)[O-])c3cc([N+](=O)[O-])c(=O)c(Br)c-3oc2c1Br)(OCC)OCC. The first kappa shape index (κ1) is 37.5. The van der Waals surface area contributed by atoms with Gasteiger partial charge in [-0.15, -0.1) is 0 Å². The molecule has 4 rings (SSSR count). The zero-order chi connectivity index (χ0) is 36.0. The summed E-state index contributed by atoms with van der Waals surface area (Å²) in [6, 6.07) is 7.71. The third-order valence-corrected chi connectivity index (χ3v) is 11.7. The van der Waals surface area contributed by atoms with E-state index in [1.807, 2.05) is 20.8 Å². The molecule has 1 aliphatic carbocycles. The van der Waals surface area contributed by atoms with Gasteiger partial charge in [-0.2, -0.15) is 0 Å². The maximum absolute atomic E-state index is 12.9. The van der Waals surface area contributed by atoms with Crippen LogP contribution in [0.3, 0.4) is 0 Å². The van der Waals surface area contributed by atoms with Crippen molar-refractivity contribution >= 4 is 75.1 Å². The number of carbonyl (C=O) groups is 2. The number of nitrogens with one attached hydrogen (secondary N) is 1. The van der Waals surface area contributed by atoms with E-state index < -0.39 is 53.3 Å². The van der Waals surface area contributed by atoms with Gasteiger partial charge in [0.1, 0.15) is 8.95 Å². The summed E-state index contributed by atoms with van der Waals surface area (Å²) >= 11 is 6.29. The number of benzene rings is 3. The lowest BCUT2D eigenvalue weighted by Crippen LogP contribution is -2.46. The summed E-state index contributed by atoms with van der Waals surface area (Å²) in [6.45, 7) is 6.60. The van der Waals surface area contributed by atoms with Crippen molar-refractivity contribution in [2.75, 3.05) is 26.4 Å². The summed E-state index contributed by atoms with van der Waals surface area (Å²) in [5, 5.41) is 38.7. The first-order chi connectivity index (χ1) is 23.3. The predicted molar refractivity (Wildman–Crippen MR) is 182 cm³/mol. The zero-order valence-corrected chi connectivity index (χ0v) is 30.3. The number of nitro benzene ring substituents is 2. The predicted octanol–water partition coefficient (Wildman–Crippen LogP) is 5.80. The molecule has 49 heavy (non-hydrogen) atoms. The number of nitrogens with zero attached hydrogens (tertiary/aromatic N) is 2. The van der Waals surface area contributed by atoms with Gasteiger partial charge in [0.05, 0.1) is 15.8 Å². The van der Waals surface area contributed by atoms with Gasteiger partial charge in [-0.1, -0.05) is 24.3 Å². The van der Waals surface area contributed by atoms with E-state index in [0.717, 1.165) is 12.1 Å². The van der Waals surface area contributed by atoms with Crippen LogP contribution in [0.25, 0.3) is 33.4 Å². The number of carboxylic acid groups (broad SMARTS) is 1. The van der Waals surface area contributed by atoms with Gasteiger partial charge in [0.15, 0.2) is 11.3 Å². The molecule has 260 valence electrons. The fraction of sp³-hybridized carbons (Fsp3) is 0.300. The summed E-state index contributed by atoms with van der Waals surface area (Å²) < 4.78 is 28.2. The number of amides is 1. The second-order valence-electron chi connectivity index (χ2n) is 10.1. The number of hydrogen-bond acceptors (Lipinski definition) is 13. The summed E-state index contributed by atoms with van der Waals surface area (Å²) in [7, 11) is -3.00. The molecule has 0 saturated heterocycles. The molecule has 1 amide bonds. The van der Waals surface area contributed by atoms with E-state index in [9.17, 15) is 39.7 Å². The van der Waals surface area contributed by atoms with Gasteiger partial charge >= 0.3 is 26.3 Å². The van der Waals surface area contributed by atoms with Crippen LogP contribution in [-0.4, -0.2) is 57.1 Å². The summed E-state index contributed by atoms with van der Waals surface area (Å²) in [5.41, 5.74) is -3.44. The van der Waals surface area contributed by atoms with Crippen molar-refractivity contribution in [3.05, 3.63) is 81.4 Å². The molecule has 2 aromatic carbocycles. The van der Waals surface area contributed by atoms with Gasteiger partial charge in [0, 0.05) is 66.6 Å². The van der Waals surface area contributed by atoms with E-state index in [1.54, 1.807) is 0 Å².